The van der Waals surface area contributed by atoms with Gasteiger partial charge in [-0.1, -0.05) is 6.07 Å². The first-order chi connectivity index (χ1) is 9.88. The van der Waals surface area contributed by atoms with Crippen molar-refractivity contribution >= 4 is 16.7 Å². The fraction of sp³-hybridized carbons (Fsp3) is 0.133. The minimum atomic E-state index is -4.38. The predicted octanol–water partition coefficient (Wildman–Crippen LogP) is 3.84. The molecule has 2 heterocycles. The molecule has 2 aromatic heterocycles. The Morgan fingerprint density at radius 3 is 2.52 bits per heavy atom. The number of alkyl halides is 3. The van der Waals surface area contributed by atoms with Crippen molar-refractivity contribution in [2.24, 2.45) is 7.05 Å². The van der Waals surface area contributed by atoms with Crippen LogP contribution in [0.3, 0.4) is 0 Å². The number of aromatic nitrogens is 2. The number of rotatable bonds is 1. The van der Waals surface area contributed by atoms with Crippen molar-refractivity contribution in [2.45, 2.75) is 6.18 Å². The molecule has 0 radical (unpaired) electrons. The largest absolute Gasteiger partial charge is 0.417 e. The average Bonchev–Trinajstić information content (AvgIpc) is 2.76. The Balaban J connectivity index is 2.27. The highest BCUT2D eigenvalue weighted by atomic mass is 19.4. The molecule has 0 amide bonds. The summed E-state index contributed by atoms with van der Waals surface area (Å²) in [6.45, 7) is 0. The molecule has 0 saturated carbocycles. The first-order valence-corrected chi connectivity index (χ1v) is 6.25. The number of pyridine rings is 1. The maximum Gasteiger partial charge on any atom is 0.417 e. The molecule has 0 aliphatic carbocycles. The second-order valence-electron chi connectivity index (χ2n) is 4.80. The van der Waals surface area contributed by atoms with Crippen LogP contribution in [0.2, 0.25) is 0 Å². The standard InChI is InChI=1S/C15H12F3N3/c1-21-12-4-2-3-11(15(16,17)18)10(12)7-13(21)9-5-6-14(19)20-8-9/h2-8H,1H3,(H2,19,20). The van der Waals surface area contributed by atoms with E-state index in [0.29, 0.717) is 17.0 Å². The summed E-state index contributed by atoms with van der Waals surface area (Å²) in [5.41, 5.74) is 6.80. The number of fused-ring (bicyclic) bond motifs is 1. The lowest BCUT2D eigenvalue weighted by molar-refractivity contribution is -0.136. The van der Waals surface area contributed by atoms with Crippen molar-refractivity contribution < 1.29 is 13.2 Å². The van der Waals surface area contributed by atoms with E-state index in [9.17, 15) is 13.2 Å². The minimum Gasteiger partial charge on any atom is -0.384 e. The van der Waals surface area contributed by atoms with Gasteiger partial charge in [-0.05, 0) is 30.3 Å². The molecule has 0 atom stereocenters. The van der Waals surface area contributed by atoms with Crippen LogP contribution in [-0.4, -0.2) is 9.55 Å². The molecule has 2 N–H and O–H groups in total. The topological polar surface area (TPSA) is 43.8 Å². The number of aryl methyl sites for hydroxylation is 1. The molecule has 3 rings (SSSR count). The fourth-order valence-electron chi connectivity index (χ4n) is 2.44. The third-order valence-electron chi connectivity index (χ3n) is 3.47. The third-order valence-corrected chi connectivity index (χ3v) is 3.47. The van der Waals surface area contributed by atoms with Gasteiger partial charge in [0.05, 0.1) is 11.3 Å². The summed E-state index contributed by atoms with van der Waals surface area (Å²) >= 11 is 0. The highest BCUT2D eigenvalue weighted by Gasteiger charge is 2.33. The molecule has 3 nitrogen and oxygen atoms in total. The van der Waals surface area contributed by atoms with Crippen LogP contribution in [-0.2, 0) is 13.2 Å². The average molecular weight is 291 g/mol. The van der Waals surface area contributed by atoms with Crippen molar-refractivity contribution in [1.82, 2.24) is 9.55 Å². The number of nitrogen functional groups attached to an aromatic ring is 1. The van der Waals surface area contributed by atoms with Gasteiger partial charge in [0.2, 0.25) is 0 Å². The van der Waals surface area contributed by atoms with Crippen molar-refractivity contribution in [1.29, 1.82) is 0 Å². The van der Waals surface area contributed by atoms with Gasteiger partial charge in [-0.25, -0.2) is 4.98 Å². The molecular weight excluding hydrogens is 279 g/mol. The molecule has 108 valence electrons. The second-order valence-corrected chi connectivity index (χ2v) is 4.80. The Bertz CT molecular complexity index is 801. The van der Waals surface area contributed by atoms with Crippen LogP contribution < -0.4 is 5.73 Å². The van der Waals surface area contributed by atoms with E-state index in [1.54, 1.807) is 36.0 Å². The van der Waals surface area contributed by atoms with Gasteiger partial charge >= 0.3 is 6.18 Å². The Morgan fingerprint density at radius 2 is 1.90 bits per heavy atom. The van der Waals surface area contributed by atoms with Crippen LogP contribution in [0.1, 0.15) is 5.56 Å². The summed E-state index contributed by atoms with van der Waals surface area (Å²) in [6, 6.07) is 9.06. The summed E-state index contributed by atoms with van der Waals surface area (Å²) in [5.74, 6) is 0.369. The molecule has 0 aliphatic heterocycles. The Hall–Kier alpha value is -2.50. The first-order valence-electron chi connectivity index (χ1n) is 6.25. The van der Waals surface area contributed by atoms with Crippen molar-refractivity contribution in [3.63, 3.8) is 0 Å². The van der Waals surface area contributed by atoms with E-state index in [-0.39, 0.29) is 5.39 Å². The number of anilines is 1. The summed E-state index contributed by atoms with van der Waals surface area (Å²) < 4.78 is 40.9. The molecule has 0 spiro atoms. The van der Waals surface area contributed by atoms with Gasteiger partial charge in [0.25, 0.3) is 0 Å². The second kappa shape index (κ2) is 4.51. The van der Waals surface area contributed by atoms with Gasteiger partial charge in [0.15, 0.2) is 0 Å². The molecule has 21 heavy (non-hydrogen) atoms. The van der Waals surface area contributed by atoms with Crippen LogP contribution in [0.25, 0.3) is 22.2 Å². The van der Waals surface area contributed by atoms with E-state index in [1.807, 2.05) is 0 Å². The SMILES string of the molecule is Cn1c(-c2ccc(N)nc2)cc2c(C(F)(F)F)cccc21. The summed E-state index contributed by atoms with van der Waals surface area (Å²) in [5, 5.41) is 0.180. The van der Waals surface area contributed by atoms with Gasteiger partial charge in [-0.2, -0.15) is 13.2 Å². The monoisotopic (exact) mass is 291 g/mol. The van der Waals surface area contributed by atoms with E-state index < -0.39 is 11.7 Å². The predicted molar refractivity (Wildman–Crippen MR) is 75.6 cm³/mol. The van der Waals surface area contributed by atoms with Gasteiger partial charge in [0.1, 0.15) is 5.82 Å². The number of hydrogen-bond donors (Lipinski definition) is 1. The third kappa shape index (κ3) is 2.22. The lowest BCUT2D eigenvalue weighted by atomic mass is 10.1. The Kier molecular flexibility index (Phi) is 2.90. The molecule has 0 aliphatic rings. The van der Waals surface area contributed by atoms with E-state index in [4.69, 9.17) is 5.73 Å². The number of nitrogens with zero attached hydrogens (tertiary/aromatic N) is 2. The molecule has 3 aromatic rings. The van der Waals surface area contributed by atoms with E-state index in [2.05, 4.69) is 4.98 Å². The smallest absolute Gasteiger partial charge is 0.384 e. The number of hydrogen-bond acceptors (Lipinski definition) is 2. The van der Waals surface area contributed by atoms with Crippen LogP contribution in [0, 0.1) is 0 Å². The van der Waals surface area contributed by atoms with Crippen LogP contribution >= 0.6 is 0 Å². The zero-order valence-electron chi connectivity index (χ0n) is 11.1. The molecule has 1 aromatic carbocycles. The fourth-order valence-corrected chi connectivity index (χ4v) is 2.44. The van der Waals surface area contributed by atoms with Crippen molar-refractivity contribution in [2.75, 3.05) is 5.73 Å². The quantitative estimate of drug-likeness (QED) is 0.740. The number of halogens is 3. The molecule has 0 unspecified atom stereocenters. The highest BCUT2D eigenvalue weighted by Crippen LogP contribution is 2.37. The van der Waals surface area contributed by atoms with Gasteiger partial charge < -0.3 is 10.3 Å². The highest BCUT2D eigenvalue weighted by molar-refractivity contribution is 5.90. The van der Waals surface area contributed by atoms with Crippen LogP contribution in [0.15, 0.2) is 42.6 Å². The molecular formula is C15H12F3N3. The van der Waals surface area contributed by atoms with E-state index >= 15 is 0 Å². The molecule has 6 heteroatoms. The zero-order valence-corrected chi connectivity index (χ0v) is 11.1. The van der Waals surface area contributed by atoms with Gasteiger partial charge in [-0.15, -0.1) is 0 Å². The first kappa shape index (κ1) is 13.5. The Morgan fingerprint density at radius 1 is 1.14 bits per heavy atom. The summed E-state index contributed by atoms with van der Waals surface area (Å²) in [6.07, 6.45) is -2.83. The van der Waals surface area contributed by atoms with Crippen LogP contribution in [0.5, 0.6) is 0 Å². The summed E-state index contributed by atoms with van der Waals surface area (Å²) in [4.78, 5) is 3.98. The molecule has 0 fully saturated rings. The zero-order chi connectivity index (χ0) is 15.2. The molecule has 0 saturated heterocycles. The maximum absolute atomic E-state index is 13.1. The maximum atomic E-state index is 13.1. The Labute approximate surface area is 118 Å². The van der Waals surface area contributed by atoms with E-state index in [1.165, 1.54) is 12.1 Å². The minimum absolute atomic E-state index is 0.180. The van der Waals surface area contributed by atoms with Crippen molar-refractivity contribution in [3.05, 3.63) is 48.2 Å². The normalized spacial score (nSPS) is 12.0. The molecule has 0 bridgehead atoms. The lowest BCUT2D eigenvalue weighted by Gasteiger charge is -2.08. The van der Waals surface area contributed by atoms with Crippen molar-refractivity contribution in [3.8, 4) is 11.3 Å². The summed E-state index contributed by atoms with van der Waals surface area (Å²) in [7, 11) is 1.73. The number of benzene rings is 1. The lowest BCUT2D eigenvalue weighted by Crippen LogP contribution is -2.05. The number of nitrogens with two attached hydrogens (primary N) is 1. The van der Waals surface area contributed by atoms with Gasteiger partial charge in [-0.3, -0.25) is 0 Å². The van der Waals surface area contributed by atoms with Crippen LogP contribution in [0.4, 0.5) is 19.0 Å². The van der Waals surface area contributed by atoms with E-state index in [0.717, 1.165) is 11.6 Å². The van der Waals surface area contributed by atoms with Gasteiger partial charge in [0, 0.05) is 29.7 Å².